The van der Waals surface area contributed by atoms with Gasteiger partial charge >= 0.3 is 6.09 Å². The number of amides is 2. The molecule has 5 rings (SSSR count). The Labute approximate surface area is 208 Å². The van der Waals surface area contributed by atoms with Gasteiger partial charge in [0, 0.05) is 24.7 Å². The van der Waals surface area contributed by atoms with E-state index in [-0.39, 0.29) is 16.8 Å². The van der Waals surface area contributed by atoms with Crippen LogP contribution in [0.3, 0.4) is 0 Å². The molecule has 0 atom stereocenters. The third kappa shape index (κ3) is 4.44. The number of rotatable bonds is 4. The molecule has 2 N–H and O–H groups in total. The number of nitrogens with zero attached hydrogens (tertiary/aromatic N) is 3. The molecule has 2 aromatic carbocycles. The number of fused-ring (bicyclic) bond motifs is 2. The molecule has 1 fully saturated rings. The molecule has 4 aromatic rings. The number of benzene rings is 2. The van der Waals surface area contributed by atoms with Crippen molar-refractivity contribution in [1.29, 1.82) is 0 Å². The summed E-state index contributed by atoms with van der Waals surface area (Å²) in [7, 11) is 0. The zero-order chi connectivity index (χ0) is 25.7. The second-order valence-electron chi connectivity index (χ2n) is 10.3. The van der Waals surface area contributed by atoms with Crippen LogP contribution in [0, 0.1) is 0 Å². The Morgan fingerprint density at radius 3 is 2.53 bits per heavy atom. The summed E-state index contributed by atoms with van der Waals surface area (Å²) >= 11 is 0. The van der Waals surface area contributed by atoms with Gasteiger partial charge in [-0.1, -0.05) is 43.3 Å². The van der Waals surface area contributed by atoms with Gasteiger partial charge in [-0.15, -0.1) is 0 Å². The minimum Gasteiger partial charge on any atom is -0.444 e. The molecule has 0 bridgehead atoms. The van der Waals surface area contributed by atoms with Gasteiger partial charge in [0.25, 0.3) is 11.5 Å². The van der Waals surface area contributed by atoms with E-state index in [4.69, 9.17) is 4.74 Å². The van der Waals surface area contributed by atoms with E-state index in [1.807, 2.05) is 70.2 Å². The second-order valence-corrected chi connectivity index (χ2v) is 10.3. The first kappa shape index (κ1) is 23.6. The fourth-order valence-electron chi connectivity index (χ4n) is 4.45. The molecule has 9 nitrogen and oxygen atoms in total. The number of nitrogens with one attached hydrogen (secondary N) is 2. The molecular formula is C27H29N5O4. The number of hydrogen-bond donors (Lipinski definition) is 2. The Balaban J connectivity index is 1.36. The normalized spacial score (nSPS) is 15.1. The number of carbonyl (C=O) groups excluding carboxylic acids is 2. The molecule has 1 saturated heterocycles. The summed E-state index contributed by atoms with van der Waals surface area (Å²) in [6.07, 6.45) is 1.94. The van der Waals surface area contributed by atoms with Gasteiger partial charge in [0.15, 0.2) is 5.69 Å². The predicted molar refractivity (Wildman–Crippen MR) is 137 cm³/mol. The monoisotopic (exact) mass is 487 g/mol. The molecule has 1 aliphatic rings. The third-order valence-corrected chi connectivity index (χ3v) is 6.46. The van der Waals surface area contributed by atoms with E-state index >= 15 is 0 Å². The molecule has 2 amide bonds. The average molecular weight is 488 g/mol. The fourth-order valence-corrected chi connectivity index (χ4v) is 4.45. The fraction of sp³-hybridized carbons (Fsp3) is 0.333. The number of ether oxygens (including phenoxy) is 1. The van der Waals surface area contributed by atoms with Gasteiger partial charge in [-0.25, -0.2) is 9.31 Å². The van der Waals surface area contributed by atoms with Crippen molar-refractivity contribution >= 4 is 28.3 Å². The molecular weight excluding hydrogens is 458 g/mol. The van der Waals surface area contributed by atoms with Gasteiger partial charge in [0.2, 0.25) is 0 Å². The van der Waals surface area contributed by atoms with Crippen LogP contribution in [0.5, 0.6) is 0 Å². The highest BCUT2D eigenvalue weighted by Crippen LogP contribution is 2.27. The quantitative estimate of drug-likeness (QED) is 0.453. The minimum atomic E-state index is -0.583. The van der Waals surface area contributed by atoms with Crippen molar-refractivity contribution in [3.05, 3.63) is 70.8 Å². The maximum Gasteiger partial charge on any atom is 0.410 e. The first-order valence-corrected chi connectivity index (χ1v) is 12.0. The largest absolute Gasteiger partial charge is 0.444 e. The van der Waals surface area contributed by atoms with E-state index < -0.39 is 23.1 Å². The van der Waals surface area contributed by atoms with E-state index in [0.717, 1.165) is 16.3 Å². The lowest BCUT2D eigenvalue weighted by atomic mass is 9.87. The van der Waals surface area contributed by atoms with E-state index in [1.165, 1.54) is 10.6 Å². The summed E-state index contributed by atoms with van der Waals surface area (Å²) in [6, 6.07) is 15.4. The highest BCUT2D eigenvalue weighted by atomic mass is 16.6. The molecule has 0 radical (unpaired) electrons. The van der Waals surface area contributed by atoms with Crippen molar-refractivity contribution in [1.82, 2.24) is 24.8 Å². The van der Waals surface area contributed by atoms with E-state index in [2.05, 4.69) is 15.4 Å². The number of likely N-dealkylation sites (tertiary alicyclic amines) is 1. The van der Waals surface area contributed by atoms with Gasteiger partial charge < -0.3 is 19.9 Å². The molecule has 3 heterocycles. The second kappa shape index (κ2) is 8.51. The van der Waals surface area contributed by atoms with Gasteiger partial charge in [-0.2, -0.15) is 5.10 Å². The SMILES string of the molecule is CCC1(NC(=O)c2cc3c(=O)[nH]c(-c4ccc5ccccc5c4)cn3n2)CN(C(=O)OC(C)(C)C)C1. The van der Waals surface area contributed by atoms with Crippen LogP contribution >= 0.6 is 0 Å². The molecule has 0 saturated carbocycles. The van der Waals surface area contributed by atoms with Crippen LogP contribution in [0.1, 0.15) is 44.6 Å². The summed E-state index contributed by atoms with van der Waals surface area (Å²) in [5.41, 5.74) is 0.379. The summed E-state index contributed by atoms with van der Waals surface area (Å²) in [5, 5.41) is 9.56. The first-order chi connectivity index (χ1) is 17.1. The van der Waals surface area contributed by atoms with Crippen LogP contribution in [0.15, 0.2) is 59.5 Å². The highest BCUT2D eigenvalue weighted by Gasteiger charge is 2.46. The Bertz CT molecular complexity index is 1540. The van der Waals surface area contributed by atoms with Crippen molar-refractivity contribution in [3.8, 4) is 11.3 Å². The van der Waals surface area contributed by atoms with Crippen LogP contribution in [0.25, 0.3) is 27.5 Å². The standard InChI is InChI=1S/C27H29N5O4/c1-5-27(15-31(16-27)25(35)36-26(2,3)4)29-23(33)20-13-22-24(34)28-21(14-32(22)30-20)19-11-10-17-8-6-7-9-18(17)12-19/h6-14H,5,15-16H2,1-4H3,(H,28,34)(H,29,33). The smallest absolute Gasteiger partial charge is 0.410 e. The maximum absolute atomic E-state index is 13.1. The topological polar surface area (TPSA) is 109 Å². The molecule has 9 heteroatoms. The van der Waals surface area contributed by atoms with Crippen LogP contribution < -0.4 is 10.9 Å². The number of aromatic amines is 1. The van der Waals surface area contributed by atoms with Crippen molar-refractivity contribution in [2.75, 3.05) is 13.1 Å². The summed E-state index contributed by atoms with van der Waals surface area (Å²) in [6.45, 7) is 8.10. The minimum absolute atomic E-state index is 0.139. The molecule has 36 heavy (non-hydrogen) atoms. The predicted octanol–water partition coefficient (Wildman–Crippen LogP) is 3.97. The lowest BCUT2D eigenvalue weighted by Gasteiger charge is -2.49. The van der Waals surface area contributed by atoms with Crippen LogP contribution in [0.4, 0.5) is 4.79 Å². The Morgan fingerprint density at radius 2 is 1.83 bits per heavy atom. The Kier molecular flexibility index (Phi) is 5.58. The Morgan fingerprint density at radius 1 is 1.11 bits per heavy atom. The molecule has 2 aromatic heterocycles. The Hall–Kier alpha value is -4.14. The van der Waals surface area contributed by atoms with E-state index in [0.29, 0.717) is 25.2 Å². The van der Waals surface area contributed by atoms with Crippen LogP contribution in [-0.4, -0.2) is 55.7 Å². The zero-order valence-electron chi connectivity index (χ0n) is 20.8. The summed E-state index contributed by atoms with van der Waals surface area (Å²) in [4.78, 5) is 42.7. The lowest BCUT2D eigenvalue weighted by molar-refractivity contribution is -0.0164. The van der Waals surface area contributed by atoms with Crippen LogP contribution in [-0.2, 0) is 4.74 Å². The van der Waals surface area contributed by atoms with Crippen LogP contribution in [0.2, 0.25) is 0 Å². The van der Waals surface area contributed by atoms with Crippen molar-refractivity contribution < 1.29 is 14.3 Å². The number of aromatic nitrogens is 3. The maximum atomic E-state index is 13.1. The van der Waals surface area contributed by atoms with Gasteiger partial charge in [-0.3, -0.25) is 9.59 Å². The van der Waals surface area contributed by atoms with Crippen molar-refractivity contribution in [3.63, 3.8) is 0 Å². The molecule has 0 aliphatic carbocycles. The van der Waals surface area contributed by atoms with Crippen molar-refractivity contribution in [2.24, 2.45) is 0 Å². The number of carbonyl (C=O) groups is 2. The highest BCUT2D eigenvalue weighted by molar-refractivity contribution is 5.94. The van der Waals surface area contributed by atoms with Gasteiger partial charge in [-0.05, 0) is 44.0 Å². The zero-order valence-corrected chi connectivity index (χ0v) is 20.8. The summed E-state index contributed by atoms with van der Waals surface area (Å²) < 4.78 is 6.85. The average Bonchev–Trinajstić information content (AvgIpc) is 3.25. The van der Waals surface area contributed by atoms with E-state index in [1.54, 1.807) is 11.1 Å². The number of hydrogen-bond acceptors (Lipinski definition) is 5. The number of H-pyrrole nitrogens is 1. The molecule has 186 valence electrons. The summed E-state index contributed by atoms with van der Waals surface area (Å²) in [5.74, 6) is -0.393. The molecule has 0 unspecified atom stereocenters. The van der Waals surface area contributed by atoms with Gasteiger partial charge in [0.05, 0.1) is 17.4 Å². The van der Waals surface area contributed by atoms with E-state index in [9.17, 15) is 14.4 Å². The third-order valence-electron chi connectivity index (χ3n) is 6.46. The molecule has 1 aliphatic heterocycles. The van der Waals surface area contributed by atoms with Gasteiger partial charge in [0.1, 0.15) is 11.1 Å². The molecule has 0 spiro atoms. The first-order valence-electron chi connectivity index (χ1n) is 12.0. The van der Waals surface area contributed by atoms with Crippen molar-refractivity contribution in [2.45, 2.75) is 45.3 Å². The lowest BCUT2D eigenvalue weighted by Crippen LogP contribution is -2.71.